The number of nitrogens with zero attached hydrogens (tertiary/aromatic N) is 1. The van der Waals surface area contributed by atoms with Gasteiger partial charge >= 0.3 is 6.03 Å². The van der Waals surface area contributed by atoms with Crippen molar-refractivity contribution in [2.45, 2.75) is 18.9 Å². The number of hydrogen-bond donors (Lipinski definition) is 4. The largest absolute Gasteiger partial charge is 0.382 e. The van der Waals surface area contributed by atoms with Gasteiger partial charge in [-0.2, -0.15) is 0 Å². The Morgan fingerprint density at radius 2 is 1.93 bits per heavy atom. The smallest absolute Gasteiger partial charge is 0.319 e. The van der Waals surface area contributed by atoms with E-state index in [9.17, 15) is 9.59 Å². The molecule has 2 heterocycles. The zero-order valence-corrected chi connectivity index (χ0v) is 15.6. The molecule has 1 aromatic carbocycles. The van der Waals surface area contributed by atoms with E-state index in [-0.39, 0.29) is 18.0 Å². The van der Waals surface area contributed by atoms with Crippen LogP contribution in [0.1, 0.15) is 23.2 Å². The predicted molar refractivity (Wildman–Crippen MR) is 107 cm³/mol. The maximum atomic E-state index is 12.1. The van der Waals surface area contributed by atoms with Gasteiger partial charge in [-0.25, -0.2) is 4.79 Å². The van der Waals surface area contributed by atoms with Crippen molar-refractivity contribution < 1.29 is 14.3 Å². The fourth-order valence-electron chi connectivity index (χ4n) is 2.84. The number of benzene rings is 1. The molecule has 28 heavy (non-hydrogen) atoms. The number of pyridine rings is 1. The first kappa shape index (κ1) is 19.6. The first-order valence-corrected chi connectivity index (χ1v) is 9.39. The number of urea groups is 1. The highest BCUT2D eigenvalue weighted by Gasteiger charge is 2.16. The highest BCUT2D eigenvalue weighted by atomic mass is 16.5. The standard InChI is InChI=1S/C20H25N5O3/c26-19(24-14-18-4-2-12-28-18)15-5-7-16(8-6-15)25-20(27)23-11-10-22-17-3-1-9-21-13-17/h1,3,5-9,13,18,22H,2,4,10-12,14H2,(H,24,26)(H2,23,25,27)/t18-/m1/s1. The van der Waals surface area contributed by atoms with Crippen LogP contribution in [0.3, 0.4) is 0 Å². The topological polar surface area (TPSA) is 104 Å². The summed E-state index contributed by atoms with van der Waals surface area (Å²) in [5.41, 5.74) is 2.07. The quantitative estimate of drug-likeness (QED) is 0.523. The number of rotatable bonds is 8. The van der Waals surface area contributed by atoms with Crippen LogP contribution < -0.4 is 21.3 Å². The minimum absolute atomic E-state index is 0.112. The molecule has 2 aromatic rings. The molecule has 1 fully saturated rings. The Morgan fingerprint density at radius 1 is 1.07 bits per heavy atom. The van der Waals surface area contributed by atoms with Crippen LogP contribution in [0.25, 0.3) is 0 Å². The molecule has 8 nitrogen and oxygen atoms in total. The number of nitrogens with one attached hydrogen (secondary N) is 4. The van der Waals surface area contributed by atoms with Crippen molar-refractivity contribution in [2.24, 2.45) is 0 Å². The predicted octanol–water partition coefficient (Wildman–Crippen LogP) is 2.22. The van der Waals surface area contributed by atoms with E-state index in [1.165, 1.54) is 0 Å². The number of anilines is 2. The summed E-state index contributed by atoms with van der Waals surface area (Å²) in [5.74, 6) is -0.145. The number of aromatic nitrogens is 1. The van der Waals surface area contributed by atoms with Gasteiger partial charge in [0.25, 0.3) is 5.91 Å². The Morgan fingerprint density at radius 3 is 2.64 bits per heavy atom. The summed E-state index contributed by atoms with van der Waals surface area (Å²) >= 11 is 0. The molecule has 1 atom stereocenters. The van der Waals surface area contributed by atoms with E-state index in [4.69, 9.17) is 4.74 Å². The highest BCUT2D eigenvalue weighted by molar-refractivity contribution is 5.95. The number of hydrogen-bond acceptors (Lipinski definition) is 5. The molecule has 0 radical (unpaired) electrons. The second-order valence-electron chi connectivity index (χ2n) is 6.47. The normalized spacial score (nSPS) is 15.6. The fourth-order valence-corrected chi connectivity index (χ4v) is 2.84. The number of ether oxygens (including phenoxy) is 1. The van der Waals surface area contributed by atoms with Gasteiger partial charge in [-0.05, 0) is 49.2 Å². The van der Waals surface area contributed by atoms with Crippen molar-refractivity contribution >= 4 is 23.3 Å². The summed E-state index contributed by atoms with van der Waals surface area (Å²) in [7, 11) is 0. The first-order chi connectivity index (χ1) is 13.7. The SMILES string of the molecule is O=C(NCCNc1cccnc1)Nc1ccc(C(=O)NC[C@H]2CCCO2)cc1. The molecule has 8 heteroatoms. The van der Waals surface area contributed by atoms with Crippen molar-refractivity contribution in [1.29, 1.82) is 0 Å². The third-order valence-electron chi connectivity index (χ3n) is 4.32. The van der Waals surface area contributed by atoms with Crippen LogP contribution >= 0.6 is 0 Å². The lowest BCUT2D eigenvalue weighted by atomic mass is 10.2. The van der Waals surface area contributed by atoms with Gasteiger partial charge in [0.1, 0.15) is 0 Å². The third-order valence-corrected chi connectivity index (χ3v) is 4.32. The zero-order valence-electron chi connectivity index (χ0n) is 15.6. The van der Waals surface area contributed by atoms with Gasteiger partial charge in [0.15, 0.2) is 0 Å². The fraction of sp³-hybridized carbons (Fsp3) is 0.350. The Balaban J connectivity index is 1.35. The van der Waals surface area contributed by atoms with E-state index in [1.54, 1.807) is 36.7 Å². The van der Waals surface area contributed by atoms with Crippen LogP contribution in [-0.2, 0) is 4.74 Å². The van der Waals surface area contributed by atoms with E-state index in [2.05, 4.69) is 26.3 Å². The average molecular weight is 383 g/mol. The summed E-state index contributed by atoms with van der Waals surface area (Å²) in [5, 5.41) is 11.5. The molecule has 0 saturated carbocycles. The van der Waals surface area contributed by atoms with Crippen LogP contribution in [-0.4, -0.2) is 49.3 Å². The molecule has 1 saturated heterocycles. The molecule has 3 rings (SSSR count). The second-order valence-corrected chi connectivity index (χ2v) is 6.47. The van der Waals surface area contributed by atoms with Crippen molar-refractivity contribution in [2.75, 3.05) is 36.9 Å². The number of amides is 3. The van der Waals surface area contributed by atoms with Crippen molar-refractivity contribution in [3.63, 3.8) is 0 Å². The van der Waals surface area contributed by atoms with Gasteiger partial charge in [0, 0.05) is 49.9 Å². The minimum Gasteiger partial charge on any atom is -0.382 e. The molecule has 0 spiro atoms. The zero-order chi connectivity index (χ0) is 19.6. The van der Waals surface area contributed by atoms with E-state index in [1.807, 2.05) is 12.1 Å². The highest BCUT2D eigenvalue weighted by Crippen LogP contribution is 2.12. The van der Waals surface area contributed by atoms with Gasteiger partial charge in [-0.1, -0.05) is 0 Å². The maximum Gasteiger partial charge on any atom is 0.319 e. The van der Waals surface area contributed by atoms with Crippen LogP contribution in [0.15, 0.2) is 48.8 Å². The Bertz CT molecular complexity index is 761. The Kier molecular flexibility index (Phi) is 7.20. The maximum absolute atomic E-state index is 12.1. The molecule has 0 bridgehead atoms. The first-order valence-electron chi connectivity index (χ1n) is 9.39. The van der Waals surface area contributed by atoms with Gasteiger partial charge in [0.05, 0.1) is 11.8 Å². The molecular formula is C20H25N5O3. The summed E-state index contributed by atoms with van der Waals surface area (Å²) in [4.78, 5) is 28.1. The van der Waals surface area contributed by atoms with E-state index < -0.39 is 0 Å². The van der Waals surface area contributed by atoms with Gasteiger partial charge < -0.3 is 26.0 Å². The van der Waals surface area contributed by atoms with E-state index in [0.29, 0.717) is 30.9 Å². The van der Waals surface area contributed by atoms with E-state index >= 15 is 0 Å². The van der Waals surface area contributed by atoms with Crippen LogP contribution in [0, 0.1) is 0 Å². The molecule has 1 aromatic heterocycles. The molecule has 1 aliphatic heterocycles. The number of carbonyl (C=O) groups is 2. The summed E-state index contributed by atoms with van der Waals surface area (Å²) in [6.45, 7) is 2.34. The molecule has 4 N–H and O–H groups in total. The van der Waals surface area contributed by atoms with Crippen molar-refractivity contribution in [3.05, 3.63) is 54.4 Å². The monoisotopic (exact) mass is 383 g/mol. The molecule has 0 unspecified atom stereocenters. The lowest BCUT2D eigenvalue weighted by molar-refractivity contribution is 0.0858. The second kappa shape index (κ2) is 10.3. The van der Waals surface area contributed by atoms with Crippen LogP contribution in [0.2, 0.25) is 0 Å². The molecule has 1 aliphatic rings. The van der Waals surface area contributed by atoms with E-state index in [0.717, 1.165) is 25.1 Å². The van der Waals surface area contributed by atoms with Crippen LogP contribution in [0.5, 0.6) is 0 Å². The van der Waals surface area contributed by atoms with Gasteiger partial charge in [0.2, 0.25) is 0 Å². The number of carbonyl (C=O) groups excluding carboxylic acids is 2. The summed E-state index contributed by atoms with van der Waals surface area (Å²) in [6.07, 6.45) is 5.56. The lowest BCUT2D eigenvalue weighted by Crippen LogP contribution is -2.33. The molecule has 3 amide bonds. The minimum atomic E-state index is -0.302. The van der Waals surface area contributed by atoms with Crippen molar-refractivity contribution in [3.8, 4) is 0 Å². The van der Waals surface area contributed by atoms with Crippen molar-refractivity contribution in [1.82, 2.24) is 15.6 Å². The average Bonchev–Trinajstić information content (AvgIpc) is 3.24. The summed E-state index contributed by atoms with van der Waals surface area (Å²) < 4.78 is 5.49. The van der Waals surface area contributed by atoms with Gasteiger partial charge in [-0.3, -0.25) is 9.78 Å². The molecular weight excluding hydrogens is 358 g/mol. The molecule has 0 aliphatic carbocycles. The van der Waals surface area contributed by atoms with Gasteiger partial charge in [-0.15, -0.1) is 0 Å². The van der Waals surface area contributed by atoms with Crippen LogP contribution in [0.4, 0.5) is 16.2 Å². The summed E-state index contributed by atoms with van der Waals surface area (Å²) in [6, 6.07) is 10.2. The lowest BCUT2D eigenvalue weighted by Gasteiger charge is -2.11. The Hall–Kier alpha value is -3.13. The Labute approximate surface area is 164 Å². The third kappa shape index (κ3) is 6.24. The molecule has 148 valence electrons.